The lowest BCUT2D eigenvalue weighted by atomic mass is 10.1. The van der Waals surface area contributed by atoms with Crippen LogP contribution >= 0.6 is 0 Å². The molecule has 1 amide bonds. The summed E-state index contributed by atoms with van der Waals surface area (Å²) in [6, 6.07) is 6.41. The van der Waals surface area contributed by atoms with Crippen molar-refractivity contribution >= 4 is 15.7 Å². The second-order valence-electron chi connectivity index (χ2n) is 6.40. The van der Waals surface area contributed by atoms with E-state index in [4.69, 9.17) is 0 Å². The molecule has 1 heterocycles. The van der Waals surface area contributed by atoms with E-state index in [0.29, 0.717) is 12.8 Å². The Balaban J connectivity index is 1.96. The number of sulfone groups is 1. The first-order valence-electron chi connectivity index (χ1n) is 8.18. The molecule has 0 bridgehead atoms. The van der Waals surface area contributed by atoms with Gasteiger partial charge in [0.05, 0.1) is 16.6 Å². The van der Waals surface area contributed by atoms with Gasteiger partial charge in [-0.2, -0.15) is 5.10 Å². The summed E-state index contributed by atoms with van der Waals surface area (Å²) < 4.78 is 24.8. The Morgan fingerprint density at radius 2 is 1.84 bits per heavy atom. The van der Waals surface area contributed by atoms with Gasteiger partial charge in [0.25, 0.3) is 0 Å². The molecule has 6 nitrogen and oxygen atoms in total. The molecule has 0 aliphatic carbocycles. The number of hydrogen-bond donors (Lipinski definition) is 1. The number of hydrogen-bond acceptors (Lipinski definition) is 4. The van der Waals surface area contributed by atoms with E-state index in [0.717, 1.165) is 22.5 Å². The molecule has 25 heavy (non-hydrogen) atoms. The number of nitrogens with one attached hydrogen (secondary N) is 1. The van der Waals surface area contributed by atoms with Gasteiger partial charge < -0.3 is 5.32 Å². The Kier molecular flexibility index (Phi) is 5.67. The molecule has 7 heteroatoms. The number of aryl methyl sites for hydroxylation is 2. The highest BCUT2D eigenvalue weighted by Gasteiger charge is 2.14. The predicted octanol–water partition coefficient (Wildman–Crippen LogP) is 2.25. The minimum absolute atomic E-state index is 0.0395. The van der Waals surface area contributed by atoms with Gasteiger partial charge >= 0.3 is 0 Å². The fourth-order valence-corrected chi connectivity index (χ4v) is 3.45. The quantitative estimate of drug-likeness (QED) is 0.853. The van der Waals surface area contributed by atoms with Crippen molar-refractivity contribution in [3.8, 4) is 0 Å². The lowest BCUT2D eigenvalue weighted by molar-refractivity contribution is -0.121. The Morgan fingerprint density at radius 1 is 1.24 bits per heavy atom. The van der Waals surface area contributed by atoms with Crippen LogP contribution in [0.3, 0.4) is 0 Å². The summed E-state index contributed by atoms with van der Waals surface area (Å²) in [5, 5.41) is 7.32. The first kappa shape index (κ1) is 19.2. The van der Waals surface area contributed by atoms with E-state index in [-0.39, 0.29) is 16.8 Å². The fourth-order valence-electron chi connectivity index (χ4n) is 2.82. The standard InChI is InChI=1S/C18H25N3O3S/c1-12(15-6-8-16(9-7-15)25(5,23)24)19-18(22)11-10-17-13(2)20-21(4)14(17)3/h6-9,12H,10-11H2,1-5H3,(H,19,22)/t12-/m0/s1. The number of carbonyl (C=O) groups excluding carboxylic acids is 1. The van der Waals surface area contributed by atoms with Crippen molar-refractivity contribution in [2.75, 3.05) is 6.26 Å². The van der Waals surface area contributed by atoms with Crippen LogP contribution in [0, 0.1) is 13.8 Å². The summed E-state index contributed by atoms with van der Waals surface area (Å²) in [6.07, 6.45) is 2.21. The molecule has 0 saturated carbocycles. The smallest absolute Gasteiger partial charge is 0.220 e. The number of nitrogens with zero attached hydrogens (tertiary/aromatic N) is 2. The van der Waals surface area contributed by atoms with Crippen LogP contribution in [-0.4, -0.2) is 30.4 Å². The zero-order valence-electron chi connectivity index (χ0n) is 15.3. The first-order valence-corrected chi connectivity index (χ1v) is 10.1. The number of rotatable bonds is 6. The lowest BCUT2D eigenvalue weighted by Gasteiger charge is -2.15. The van der Waals surface area contributed by atoms with Gasteiger partial charge in [0.15, 0.2) is 9.84 Å². The maximum absolute atomic E-state index is 12.2. The molecule has 0 unspecified atom stereocenters. The van der Waals surface area contributed by atoms with Crippen LogP contribution in [-0.2, 0) is 28.1 Å². The number of benzene rings is 1. The van der Waals surface area contributed by atoms with Gasteiger partial charge in [-0.25, -0.2) is 8.42 Å². The van der Waals surface area contributed by atoms with Crippen molar-refractivity contribution in [3.63, 3.8) is 0 Å². The average molecular weight is 363 g/mol. The van der Waals surface area contributed by atoms with E-state index in [9.17, 15) is 13.2 Å². The van der Waals surface area contributed by atoms with Crippen molar-refractivity contribution < 1.29 is 13.2 Å². The molecule has 2 rings (SSSR count). The first-order chi connectivity index (χ1) is 11.6. The van der Waals surface area contributed by atoms with Gasteiger partial charge in [0.2, 0.25) is 5.91 Å². The molecule has 2 aromatic rings. The van der Waals surface area contributed by atoms with Crippen molar-refractivity contribution in [2.45, 2.75) is 44.6 Å². The van der Waals surface area contributed by atoms with Crippen molar-refractivity contribution in [1.29, 1.82) is 0 Å². The van der Waals surface area contributed by atoms with Gasteiger partial charge in [-0.15, -0.1) is 0 Å². The van der Waals surface area contributed by atoms with Crippen molar-refractivity contribution in [1.82, 2.24) is 15.1 Å². The highest BCUT2D eigenvalue weighted by Crippen LogP contribution is 2.17. The molecule has 1 atom stereocenters. The van der Waals surface area contributed by atoms with Crippen molar-refractivity contribution in [2.24, 2.45) is 7.05 Å². The topological polar surface area (TPSA) is 81.1 Å². The van der Waals surface area contributed by atoms with Gasteiger partial charge in [-0.3, -0.25) is 9.48 Å². The maximum atomic E-state index is 12.2. The van der Waals surface area contributed by atoms with E-state index >= 15 is 0 Å². The minimum atomic E-state index is -3.21. The van der Waals surface area contributed by atoms with Gasteiger partial charge in [0, 0.05) is 25.4 Å². The zero-order valence-corrected chi connectivity index (χ0v) is 16.1. The summed E-state index contributed by atoms with van der Waals surface area (Å²) in [4.78, 5) is 12.5. The normalized spacial score (nSPS) is 12.8. The maximum Gasteiger partial charge on any atom is 0.220 e. The monoisotopic (exact) mass is 363 g/mol. The predicted molar refractivity (Wildman–Crippen MR) is 97.1 cm³/mol. The van der Waals surface area contributed by atoms with E-state index in [2.05, 4.69) is 10.4 Å². The highest BCUT2D eigenvalue weighted by molar-refractivity contribution is 7.90. The van der Waals surface area contributed by atoms with Crippen LogP contribution in [0.25, 0.3) is 0 Å². The molecule has 0 aliphatic rings. The molecule has 0 spiro atoms. The number of aromatic nitrogens is 2. The minimum Gasteiger partial charge on any atom is -0.350 e. The number of carbonyl (C=O) groups is 1. The molecular formula is C18H25N3O3S. The molecule has 0 aliphatic heterocycles. The summed E-state index contributed by atoms with van der Waals surface area (Å²) in [6.45, 7) is 5.83. The lowest BCUT2D eigenvalue weighted by Crippen LogP contribution is -2.26. The van der Waals surface area contributed by atoms with Crippen LogP contribution in [0.2, 0.25) is 0 Å². The molecule has 0 fully saturated rings. The average Bonchev–Trinajstić information content (AvgIpc) is 2.77. The Hall–Kier alpha value is -2.15. The van der Waals surface area contributed by atoms with Crippen LogP contribution in [0.1, 0.15) is 41.9 Å². The van der Waals surface area contributed by atoms with E-state index in [1.54, 1.807) is 24.3 Å². The van der Waals surface area contributed by atoms with E-state index in [1.165, 1.54) is 6.26 Å². The third kappa shape index (κ3) is 4.69. The Labute approximate surface area is 149 Å². The third-order valence-electron chi connectivity index (χ3n) is 4.45. The van der Waals surface area contributed by atoms with Gasteiger partial charge in [-0.05, 0) is 50.5 Å². The third-order valence-corrected chi connectivity index (χ3v) is 5.58. The molecule has 0 radical (unpaired) electrons. The molecule has 1 aromatic carbocycles. The van der Waals surface area contributed by atoms with Crippen molar-refractivity contribution in [3.05, 3.63) is 46.8 Å². The van der Waals surface area contributed by atoms with Crippen LogP contribution in [0.15, 0.2) is 29.2 Å². The molecule has 0 saturated heterocycles. The summed E-state index contributed by atoms with van der Waals surface area (Å²) in [7, 11) is -1.31. The van der Waals surface area contributed by atoms with Gasteiger partial charge in [-0.1, -0.05) is 12.1 Å². The van der Waals surface area contributed by atoms with E-state index in [1.807, 2.05) is 32.5 Å². The molecule has 136 valence electrons. The highest BCUT2D eigenvalue weighted by atomic mass is 32.2. The summed E-state index contributed by atoms with van der Waals surface area (Å²) >= 11 is 0. The Bertz CT molecular complexity index is 868. The zero-order chi connectivity index (χ0) is 18.8. The second-order valence-corrected chi connectivity index (χ2v) is 8.42. The largest absolute Gasteiger partial charge is 0.350 e. The SMILES string of the molecule is Cc1nn(C)c(C)c1CCC(=O)N[C@@H](C)c1ccc(S(C)(=O)=O)cc1. The number of amides is 1. The molecular weight excluding hydrogens is 338 g/mol. The van der Waals surface area contributed by atoms with Crippen LogP contribution < -0.4 is 5.32 Å². The summed E-state index contributed by atoms with van der Waals surface area (Å²) in [5.74, 6) is -0.0395. The molecule has 1 aromatic heterocycles. The summed E-state index contributed by atoms with van der Waals surface area (Å²) in [5.41, 5.74) is 4.02. The van der Waals surface area contributed by atoms with Gasteiger partial charge in [0.1, 0.15) is 0 Å². The fraction of sp³-hybridized carbons (Fsp3) is 0.444. The molecule has 1 N–H and O–H groups in total. The Morgan fingerprint density at radius 3 is 2.32 bits per heavy atom. The van der Waals surface area contributed by atoms with Crippen LogP contribution in [0.4, 0.5) is 0 Å². The van der Waals surface area contributed by atoms with E-state index < -0.39 is 9.84 Å². The van der Waals surface area contributed by atoms with Crippen LogP contribution in [0.5, 0.6) is 0 Å². The second kappa shape index (κ2) is 7.39.